The highest BCUT2D eigenvalue weighted by Gasteiger charge is 2.27. The fraction of sp³-hybridized carbons (Fsp3) is 0.667. The van der Waals surface area contributed by atoms with Gasteiger partial charge in [-0.2, -0.15) is 18.3 Å². The van der Waals surface area contributed by atoms with Crippen LogP contribution < -0.4 is 5.32 Å². The molecule has 0 unspecified atom stereocenters. The van der Waals surface area contributed by atoms with E-state index in [9.17, 15) is 18.0 Å². The molecule has 1 N–H and O–H groups in total. The maximum absolute atomic E-state index is 12.0. The van der Waals surface area contributed by atoms with Crippen molar-refractivity contribution in [2.75, 3.05) is 13.2 Å². The molecule has 1 amide bonds. The van der Waals surface area contributed by atoms with E-state index in [0.29, 0.717) is 19.6 Å². The van der Waals surface area contributed by atoms with Crippen LogP contribution in [0.4, 0.5) is 13.2 Å². The fourth-order valence-corrected chi connectivity index (χ4v) is 2.21. The van der Waals surface area contributed by atoms with Gasteiger partial charge in [0.15, 0.2) is 0 Å². The number of rotatable bonds is 4. The molecular weight excluding hydrogens is 275 g/mol. The molecule has 1 aromatic rings. The van der Waals surface area contributed by atoms with E-state index in [-0.39, 0.29) is 6.42 Å². The van der Waals surface area contributed by atoms with Gasteiger partial charge in [-0.25, -0.2) is 0 Å². The quantitative estimate of drug-likeness (QED) is 0.904. The van der Waals surface area contributed by atoms with Crippen molar-refractivity contribution < 1.29 is 22.7 Å². The van der Waals surface area contributed by atoms with Crippen molar-refractivity contribution in [2.24, 2.45) is 7.05 Å². The van der Waals surface area contributed by atoms with Crippen molar-refractivity contribution in [3.63, 3.8) is 0 Å². The number of alkyl halides is 3. The van der Waals surface area contributed by atoms with Gasteiger partial charge in [0.1, 0.15) is 6.54 Å². The van der Waals surface area contributed by atoms with Gasteiger partial charge in [0.2, 0.25) is 5.91 Å². The number of amides is 1. The van der Waals surface area contributed by atoms with Crippen molar-refractivity contribution in [2.45, 2.75) is 32.0 Å². The number of hydrogen-bond donors (Lipinski definition) is 1. The first kappa shape index (κ1) is 14.8. The molecule has 1 aromatic heterocycles. The first-order valence-electron chi connectivity index (χ1n) is 6.31. The van der Waals surface area contributed by atoms with E-state index in [1.807, 2.05) is 12.4 Å². The van der Waals surface area contributed by atoms with Gasteiger partial charge in [0, 0.05) is 37.6 Å². The molecule has 0 saturated heterocycles. The molecule has 0 spiro atoms. The van der Waals surface area contributed by atoms with Crippen molar-refractivity contribution in [3.05, 3.63) is 17.0 Å². The van der Waals surface area contributed by atoms with Crippen LogP contribution in [0.1, 0.15) is 23.4 Å². The third-order valence-corrected chi connectivity index (χ3v) is 3.16. The van der Waals surface area contributed by atoms with E-state index < -0.39 is 18.6 Å². The molecule has 0 saturated carbocycles. The zero-order valence-electron chi connectivity index (χ0n) is 11.1. The average Bonchev–Trinajstić information content (AvgIpc) is 2.71. The van der Waals surface area contributed by atoms with E-state index >= 15 is 0 Å². The van der Waals surface area contributed by atoms with E-state index in [0.717, 1.165) is 23.4 Å². The molecule has 0 aliphatic carbocycles. The molecule has 1 aliphatic rings. The van der Waals surface area contributed by atoms with Crippen LogP contribution in [-0.4, -0.2) is 35.0 Å². The first-order chi connectivity index (χ1) is 9.37. The number of ether oxygens (including phenoxy) is 1. The minimum atomic E-state index is -4.38. The maximum atomic E-state index is 12.0. The summed E-state index contributed by atoms with van der Waals surface area (Å²) in [6.07, 6.45) is -3.32. The van der Waals surface area contributed by atoms with E-state index in [1.165, 1.54) is 0 Å². The Hall–Kier alpha value is -1.57. The lowest BCUT2D eigenvalue weighted by Crippen LogP contribution is -2.33. The number of aryl methyl sites for hydroxylation is 2. The third kappa shape index (κ3) is 3.72. The second kappa shape index (κ2) is 5.82. The molecule has 2 rings (SSSR count). The lowest BCUT2D eigenvalue weighted by Gasteiger charge is -2.13. The van der Waals surface area contributed by atoms with Crippen LogP contribution in [-0.2, 0) is 36.0 Å². The predicted molar refractivity (Wildman–Crippen MR) is 64.0 cm³/mol. The summed E-state index contributed by atoms with van der Waals surface area (Å²) in [7, 11) is 1.82. The average molecular weight is 291 g/mol. The second-order valence-electron chi connectivity index (χ2n) is 4.69. The Morgan fingerprint density at radius 3 is 2.95 bits per heavy atom. The van der Waals surface area contributed by atoms with Crippen molar-refractivity contribution in [1.82, 2.24) is 15.1 Å². The Balaban J connectivity index is 1.90. The maximum Gasteiger partial charge on any atom is 0.405 e. The number of carbonyl (C=O) groups is 1. The summed E-state index contributed by atoms with van der Waals surface area (Å²) >= 11 is 0. The van der Waals surface area contributed by atoms with Gasteiger partial charge in [-0.15, -0.1) is 0 Å². The summed E-state index contributed by atoms with van der Waals surface area (Å²) in [5.41, 5.74) is 2.76. The number of nitrogens with zero attached hydrogens (tertiary/aromatic N) is 2. The molecule has 112 valence electrons. The molecule has 0 bridgehead atoms. The number of aromatic nitrogens is 2. The van der Waals surface area contributed by atoms with Gasteiger partial charge in [-0.3, -0.25) is 9.48 Å². The first-order valence-corrected chi connectivity index (χ1v) is 6.31. The molecule has 20 heavy (non-hydrogen) atoms. The molecule has 0 atom stereocenters. The van der Waals surface area contributed by atoms with Crippen LogP contribution in [0.2, 0.25) is 0 Å². The topological polar surface area (TPSA) is 56.2 Å². The van der Waals surface area contributed by atoms with E-state index in [1.54, 1.807) is 4.68 Å². The largest absolute Gasteiger partial charge is 0.405 e. The number of halogens is 3. The minimum absolute atomic E-state index is 0.0144. The molecule has 0 aromatic carbocycles. The summed E-state index contributed by atoms with van der Waals surface area (Å²) in [5, 5.41) is 6.16. The lowest BCUT2D eigenvalue weighted by atomic mass is 10.1. The number of fused-ring (bicyclic) bond motifs is 1. The Morgan fingerprint density at radius 1 is 1.50 bits per heavy atom. The summed E-state index contributed by atoms with van der Waals surface area (Å²) < 4.78 is 43.0. The normalized spacial score (nSPS) is 15.0. The predicted octanol–water partition coefficient (Wildman–Crippen LogP) is 1.10. The summed E-state index contributed by atoms with van der Waals surface area (Å²) in [6.45, 7) is -0.212. The van der Waals surface area contributed by atoms with Crippen LogP contribution in [0.3, 0.4) is 0 Å². The van der Waals surface area contributed by atoms with Crippen molar-refractivity contribution in [3.8, 4) is 0 Å². The van der Waals surface area contributed by atoms with Gasteiger partial charge in [-0.05, 0) is 0 Å². The van der Waals surface area contributed by atoms with Gasteiger partial charge < -0.3 is 10.1 Å². The van der Waals surface area contributed by atoms with Crippen LogP contribution in [0.15, 0.2) is 0 Å². The van der Waals surface area contributed by atoms with Crippen molar-refractivity contribution in [1.29, 1.82) is 0 Å². The number of nitrogens with one attached hydrogen (secondary N) is 1. The Kier molecular flexibility index (Phi) is 4.32. The Bertz CT molecular complexity index is 497. The molecule has 8 heteroatoms. The standard InChI is InChI=1S/C12H16F3N3O2/c1-18-10-4-5-20-6-8(10)9(17-18)2-3-11(19)16-7-12(13,14)15/h2-7H2,1H3,(H,16,19). The summed E-state index contributed by atoms with van der Waals surface area (Å²) in [5.74, 6) is -0.626. The molecule has 0 radical (unpaired) electrons. The Labute approximate surface area is 114 Å². The van der Waals surface area contributed by atoms with Crippen LogP contribution in [0.25, 0.3) is 0 Å². The van der Waals surface area contributed by atoms with Crippen molar-refractivity contribution >= 4 is 5.91 Å². The number of hydrogen-bond acceptors (Lipinski definition) is 3. The highest BCUT2D eigenvalue weighted by Crippen LogP contribution is 2.21. The summed E-state index contributed by atoms with van der Waals surface area (Å²) in [4.78, 5) is 11.4. The monoisotopic (exact) mass is 291 g/mol. The van der Waals surface area contributed by atoms with E-state index in [4.69, 9.17) is 4.74 Å². The fourth-order valence-electron chi connectivity index (χ4n) is 2.21. The molecular formula is C12H16F3N3O2. The highest BCUT2D eigenvalue weighted by atomic mass is 19.4. The lowest BCUT2D eigenvalue weighted by molar-refractivity contribution is -0.138. The second-order valence-corrected chi connectivity index (χ2v) is 4.69. The van der Waals surface area contributed by atoms with Crippen LogP contribution in [0.5, 0.6) is 0 Å². The third-order valence-electron chi connectivity index (χ3n) is 3.16. The van der Waals surface area contributed by atoms with Gasteiger partial charge in [0.05, 0.1) is 18.9 Å². The van der Waals surface area contributed by atoms with Crippen LogP contribution in [0, 0.1) is 0 Å². The SMILES string of the molecule is Cn1nc(CCC(=O)NCC(F)(F)F)c2c1CCOC2. The Morgan fingerprint density at radius 2 is 2.25 bits per heavy atom. The molecule has 5 nitrogen and oxygen atoms in total. The zero-order valence-corrected chi connectivity index (χ0v) is 11.1. The van der Waals surface area contributed by atoms with Crippen LogP contribution >= 0.6 is 0 Å². The smallest absolute Gasteiger partial charge is 0.376 e. The van der Waals surface area contributed by atoms with E-state index in [2.05, 4.69) is 5.10 Å². The minimum Gasteiger partial charge on any atom is -0.376 e. The summed E-state index contributed by atoms with van der Waals surface area (Å²) in [6, 6.07) is 0. The van der Waals surface area contributed by atoms with Gasteiger partial charge >= 0.3 is 6.18 Å². The van der Waals surface area contributed by atoms with Gasteiger partial charge in [0.25, 0.3) is 0 Å². The van der Waals surface area contributed by atoms with Gasteiger partial charge in [-0.1, -0.05) is 0 Å². The molecule has 2 heterocycles. The number of carbonyl (C=O) groups excluding carboxylic acids is 1. The molecule has 0 fully saturated rings. The zero-order chi connectivity index (χ0) is 14.8. The molecule has 1 aliphatic heterocycles. The highest BCUT2D eigenvalue weighted by molar-refractivity contribution is 5.76.